The highest BCUT2D eigenvalue weighted by Crippen LogP contribution is 2.45. The third kappa shape index (κ3) is 2.92. The van der Waals surface area contributed by atoms with Crippen molar-refractivity contribution in [3.63, 3.8) is 0 Å². The molecule has 0 heterocycles. The van der Waals surface area contributed by atoms with E-state index in [-0.39, 0.29) is 0 Å². The van der Waals surface area contributed by atoms with Crippen LogP contribution in [0.3, 0.4) is 0 Å². The summed E-state index contributed by atoms with van der Waals surface area (Å²) in [6, 6.07) is 9.43. The average Bonchev–Trinajstić information content (AvgIpc) is 2.71. The molecule has 0 bridgehead atoms. The van der Waals surface area contributed by atoms with Gasteiger partial charge >= 0.3 is 0 Å². The summed E-state index contributed by atoms with van der Waals surface area (Å²) in [5.74, 6) is 0. The third-order valence-electron chi connectivity index (χ3n) is 5.14. The van der Waals surface area contributed by atoms with E-state index in [0.717, 1.165) is 6.54 Å². The van der Waals surface area contributed by atoms with Gasteiger partial charge in [-0.2, -0.15) is 11.8 Å². The maximum atomic E-state index is 3.90. The Hall–Kier alpha value is -0.470. The van der Waals surface area contributed by atoms with Crippen LogP contribution in [0.25, 0.3) is 0 Å². The summed E-state index contributed by atoms with van der Waals surface area (Å²) < 4.78 is 0.383. The number of fused-ring (bicyclic) bond motifs is 1. The molecular formula is C18H29NS. The fourth-order valence-electron chi connectivity index (χ4n) is 3.53. The van der Waals surface area contributed by atoms with Crippen LogP contribution >= 0.6 is 11.8 Å². The molecule has 0 aromatic heterocycles. The molecule has 0 amide bonds. The van der Waals surface area contributed by atoms with Crippen LogP contribution in [-0.4, -0.2) is 17.5 Å². The summed E-state index contributed by atoms with van der Waals surface area (Å²) in [6.45, 7) is 10.5. The molecule has 1 aromatic carbocycles. The van der Waals surface area contributed by atoms with Crippen LogP contribution in [0.5, 0.6) is 0 Å². The predicted octanol–water partition coefficient (Wildman–Crippen LogP) is 4.82. The number of hydrogen-bond acceptors (Lipinski definition) is 2. The van der Waals surface area contributed by atoms with Crippen LogP contribution < -0.4 is 5.32 Å². The van der Waals surface area contributed by atoms with Crippen LogP contribution in [0.15, 0.2) is 24.3 Å². The van der Waals surface area contributed by atoms with Crippen LogP contribution in [0, 0.1) is 5.41 Å². The minimum Gasteiger partial charge on any atom is -0.308 e. The molecule has 1 atom stereocenters. The van der Waals surface area contributed by atoms with Crippen molar-refractivity contribution in [2.75, 3.05) is 12.8 Å². The first-order chi connectivity index (χ1) is 9.48. The maximum absolute atomic E-state index is 3.90. The largest absolute Gasteiger partial charge is 0.308 e. The lowest BCUT2D eigenvalue weighted by atomic mass is 9.85. The van der Waals surface area contributed by atoms with E-state index in [4.69, 9.17) is 0 Å². The molecule has 1 unspecified atom stereocenters. The maximum Gasteiger partial charge on any atom is 0.0378 e. The fraction of sp³-hybridized carbons (Fsp3) is 0.667. The van der Waals surface area contributed by atoms with Gasteiger partial charge in [0.05, 0.1) is 0 Å². The van der Waals surface area contributed by atoms with Crippen molar-refractivity contribution >= 4 is 11.8 Å². The van der Waals surface area contributed by atoms with Gasteiger partial charge in [0, 0.05) is 17.3 Å². The number of rotatable bonds is 6. The number of nitrogens with one attached hydrogen (secondary N) is 1. The minimum absolute atomic E-state index is 0.315. The molecule has 112 valence electrons. The second-order valence-corrected chi connectivity index (χ2v) is 8.05. The quantitative estimate of drug-likeness (QED) is 0.806. The van der Waals surface area contributed by atoms with Crippen LogP contribution in [0.1, 0.15) is 57.7 Å². The highest BCUT2D eigenvalue weighted by molar-refractivity contribution is 8.00. The van der Waals surface area contributed by atoms with E-state index < -0.39 is 0 Å². The van der Waals surface area contributed by atoms with E-state index in [1.54, 1.807) is 0 Å². The van der Waals surface area contributed by atoms with Crippen molar-refractivity contribution in [1.82, 2.24) is 5.32 Å². The third-order valence-corrected chi connectivity index (χ3v) is 6.73. The van der Waals surface area contributed by atoms with Crippen molar-refractivity contribution in [1.29, 1.82) is 0 Å². The van der Waals surface area contributed by atoms with E-state index in [2.05, 4.69) is 63.5 Å². The summed E-state index contributed by atoms with van der Waals surface area (Å²) in [4.78, 5) is 0. The first kappa shape index (κ1) is 15.9. The number of thioether (sulfide) groups is 1. The lowest BCUT2D eigenvalue weighted by molar-refractivity contribution is 0.260. The summed E-state index contributed by atoms with van der Waals surface area (Å²) in [5.41, 5.74) is 3.35. The molecule has 0 radical (unpaired) electrons. The zero-order valence-electron chi connectivity index (χ0n) is 13.6. The van der Waals surface area contributed by atoms with Gasteiger partial charge in [-0.3, -0.25) is 0 Å². The van der Waals surface area contributed by atoms with Crippen LogP contribution in [-0.2, 0) is 6.42 Å². The fourth-order valence-corrected chi connectivity index (χ4v) is 4.33. The molecule has 1 aromatic rings. The molecule has 1 aliphatic carbocycles. The Kier molecular flexibility index (Phi) is 4.86. The highest BCUT2D eigenvalue weighted by Gasteiger charge is 2.39. The first-order valence-corrected chi connectivity index (χ1v) is 9.07. The Morgan fingerprint density at radius 3 is 2.50 bits per heavy atom. The van der Waals surface area contributed by atoms with Crippen molar-refractivity contribution in [2.24, 2.45) is 5.41 Å². The molecule has 0 saturated heterocycles. The smallest absolute Gasteiger partial charge is 0.0378 e. The summed E-state index contributed by atoms with van der Waals surface area (Å²) >= 11 is 2.02. The summed E-state index contributed by atoms with van der Waals surface area (Å²) in [7, 11) is 0. The molecular weight excluding hydrogens is 262 g/mol. The lowest BCUT2D eigenvalue weighted by Gasteiger charge is -2.35. The summed E-state index contributed by atoms with van der Waals surface area (Å²) in [6.07, 6.45) is 5.90. The molecule has 0 fully saturated rings. The van der Waals surface area contributed by atoms with Crippen molar-refractivity contribution in [3.05, 3.63) is 35.4 Å². The average molecular weight is 292 g/mol. The standard InChI is InChI=1S/C18H29NS/c1-6-18(7-2,20-5)13-19-16-15-11-9-8-10-14(15)12-17(16,3)4/h8-11,16,19H,6-7,12-13H2,1-5H3. The monoisotopic (exact) mass is 291 g/mol. The van der Waals surface area contributed by atoms with Gasteiger partial charge in [-0.1, -0.05) is 52.0 Å². The van der Waals surface area contributed by atoms with Gasteiger partial charge in [0.1, 0.15) is 0 Å². The molecule has 20 heavy (non-hydrogen) atoms. The molecule has 0 spiro atoms. The van der Waals surface area contributed by atoms with Gasteiger partial charge in [0.2, 0.25) is 0 Å². The van der Waals surface area contributed by atoms with E-state index in [1.807, 2.05) is 11.8 Å². The van der Waals surface area contributed by atoms with Gasteiger partial charge in [-0.25, -0.2) is 0 Å². The van der Waals surface area contributed by atoms with Gasteiger partial charge in [0.25, 0.3) is 0 Å². The number of hydrogen-bond donors (Lipinski definition) is 1. The Bertz CT molecular complexity index is 440. The molecule has 0 saturated carbocycles. The Morgan fingerprint density at radius 1 is 1.25 bits per heavy atom. The summed E-state index contributed by atoms with van der Waals surface area (Å²) in [5, 5.41) is 3.90. The normalized spacial score (nSPS) is 20.9. The van der Waals surface area contributed by atoms with E-state index in [9.17, 15) is 0 Å². The molecule has 1 nitrogen and oxygen atoms in total. The molecule has 1 N–H and O–H groups in total. The number of benzene rings is 1. The second kappa shape index (κ2) is 6.11. The van der Waals surface area contributed by atoms with Gasteiger partial charge < -0.3 is 5.32 Å². The zero-order chi connectivity index (χ0) is 14.8. The van der Waals surface area contributed by atoms with Crippen molar-refractivity contribution < 1.29 is 0 Å². The van der Waals surface area contributed by atoms with Gasteiger partial charge in [-0.15, -0.1) is 0 Å². The molecule has 0 aliphatic heterocycles. The predicted molar refractivity (Wildman–Crippen MR) is 91.5 cm³/mol. The van der Waals surface area contributed by atoms with Crippen molar-refractivity contribution in [3.8, 4) is 0 Å². The molecule has 2 rings (SSSR count). The van der Waals surface area contributed by atoms with Crippen LogP contribution in [0.4, 0.5) is 0 Å². The van der Waals surface area contributed by atoms with E-state index in [1.165, 1.54) is 30.4 Å². The molecule has 1 aliphatic rings. The highest BCUT2D eigenvalue weighted by atomic mass is 32.2. The lowest BCUT2D eigenvalue weighted by Crippen LogP contribution is -2.41. The molecule has 2 heteroatoms. The Labute approximate surface area is 128 Å². The first-order valence-electron chi connectivity index (χ1n) is 7.84. The zero-order valence-corrected chi connectivity index (χ0v) is 14.4. The van der Waals surface area contributed by atoms with Crippen molar-refractivity contribution in [2.45, 2.75) is 57.7 Å². The Morgan fingerprint density at radius 2 is 1.90 bits per heavy atom. The van der Waals surface area contributed by atoms with Crippen LogP contribution in [0.2, 0.25) is 0 Å². The van der Waals surface area contributed by atoms with Gasteiger partial charge in [0.15, 0.2) is 0 Å². The Balaban J connectivity index is 2.16. The minimum atomic E-state index is 0.315. The van der Waals surface area contributed by atoms with Gasteiger partial charge in [-0.05, 0) is 42.1 Å². The second-order valence-electron chi connectivity index (χ2n) is 6.77. The van der Waals surface area contributed by atoms with E-state index >= 15 is 0 Å². The van der Waals surface area contributed by atoms with E-state index in [0.29, 0.717) is 16.2 Å². The topological polar surface area (TPSA) is 12.0 Å². The SMILES string of the molecule is CCC(CC)(CNC1c2ccccc2CC1(C)C)SC.